The summed E-state index contributed by atoms with van der Waals surface area (Å²) in [5.41, 5.74) is -0.546. The molecular formula is C10H12ClNO. The highest BCUT2D eigenvalue weighted by molar-refractivity contribution is 6.31. The van der Waals surface area contributed by atoms with E-state index in [2.05, 4.69) is 0 Å². The number of hydrogen-bond donors (Lipinski definition) is 0. The maximum atomic E-state index is 11.0. The molecule has 1 atom stereocenters. The van der Waals surface area contributed by atoms with E-state index in [1.54, 1.807) is 0 Å². The minimum Gasteiger partial charge on any atom is -0.302 e. The normalized spacial score (nSPS) is 27.5. The van der Waals surface area contributed by atoms with Crippen LogP contribution in [0.25, 0.3) is 0 Å². The highest BCUT2D eigenvalue weighted by Gasteiger charge is 2.34. The lowest BCUT2D eigenvalue weighted by Crippen LogP contribution is -2.25. The zero-order valence-electron chi connectivity index (χ0n) is 7.42. The first-order valence-corrected chi connectivity index (χ1v) is 4.82. The second-order valence-corrected chi connectivity index (χ2v) is 3.78. The van der Waals surface area contributed by atoms with Crippen LogP contribution in [0.1, 0.15) is 32.1 Å². The van der Waals surface area contributed by atoms with E-state index in [1.165, 1.54) is 0 Å². The van der Waals surface area contributed by atoms with Gasteiger partial charge in [-0.1, -0.05) is 17.7 Å². The fourth-order valence-corrected chi connectivity index (χ4v) is 2.01. The number of nitrogens with zero attached hydrogens (tertiary/aromatic N) is 1. The van der Waals surface area contributed by atoms with Crippen LogP contribution in [0.4, 0.5) is 0 Å². The highest BCUT2D eigenvalue weighted by atomic mass is 35.5. The lowest BCUT2D eigenvalue weighted by Gasteiger charge is -2.29. The molecule has 1 aliphatic rings. The van der Waals surface area contributed by atoms with Gasteiger partial charge in [0.05, 0.1) is 11.5 Å². The summed E-state index contributed by atoms with van der Waals surface area (Å²) >= 11 is 6.00. The van der Waals surface area contributed by atoms with Crippen LogP contribution < -0.4 is 0 Å². The van der Waals surface area contributed by atoms with Crippen LogP contribution in [0.3, 0.4) is 0 Å². The Labute approximate surface area is 83.2 Å². The molecule has 1 aliphatic carbocycles. The smallest absolute Gasteiger partial charge is 0.131 e. The fraction of sp³-hybridized carbons (Fsp3) is 0.600. The van der Waals surface area contributed by atoms with E-state index >= 15 is 0 Å². The Morgan fingerprint density at radius 1 is 1.77 bits per heavy atom. The molecule has 0 fully saturated rings. The van der Waals surface area contributed by atoms with Gasteiger partial charge < -0.3 is 4.79 Å². The van der Waals surface area contributed by atoms with Crippen LogP contribution >= 0.6 is 11.6 Å². The maximum Gasteiger partial charge on any atom is 0.131 e. The van der Waals surface area contributed by atoms with Crippen molar-refractivity contribution in [1.29, 1.82) is 5.26 Å². The molecule has 70 valence electrons. The van der Waals surface area contributed by atoms with Gasteiger partial charge in [0.25, 0.3) is 0 Å². The lowest BCUT2D eigenvalue weighted by atomic mass is 9.76. The summed E-state index contributed by atoms with van der Waals surface area (Å²) in [7, 11) is 0. The molecule has 0 saturated carbocycles. The number of hydrogen-bond acceptors (Lipinski definition) is 2. The lowest BCUT2D eigenvalue weighted by molar-refractivity contribution is -0.115. The minimum atomic E-state index is -0.546. The molecule has 0 radical (unpaired) electrons. The van der Waals surface area contributed by atoms with Crippen molar-refractivity contribution >= 4 is 17.9 Å². The third-order valence-electron chi connectivity index (χ3n) is 2.53. The number of carbonyl (C=O) groups excluding carboxylic acids is 1. The van der Waals surface area contributed by atoms with Crippen molar-refractivity contribution in [2.45, 2.75) is 32.1 Å². The van der Waals surface area contributed by atoms with Crippen LogP contribution in [0.2, 0.25) is 0 Å². The largest absolute Gasteiger partial charge is 0.302 e. The van der Waals surface area contributed by atoms with Crippen LogP contribution in [0, 0.1) is 16.7 Å². The quantitative estimate of drug-likeness (QED) is 0.653. The summed E-state index contributed by atoms with van der Waals surface area (Å²) in [6.07, 6.45) is 6.47. The zero-order valence-corrected chi connectivity index (χ0v) is 8.18. The van der Waals surface area contributed by atoms with Crippen LogP contribution in [0.15, 0.2) is 11.1 Å². The van der Waals surface area contributed by atoms with Gasteiger partial charge in [-0.25, -0.2) is 0 Å². The van der Waals surface area contributed by atoms with Crippen molar-refractivity contribution in [3.05, 3.63) is 11.1 Å². The van der Waals surface area contributed by atoms with E-state index < -0.39 is 5.41 Å². The van der Waals surface area contributed by atoms with Gasteiger partial charge in [0.1, 0.15) is 6.29 Å². The van der Waals surface area contributed by atoms with Crippen molar-refractivity contribution in [2.75, 3.05) is 0 Å². The first kappa shape index (κ1) is 10.3. The third-order valence-corrected chi connectivity index (χ3v) is 3.07. The van der Waals surface area contributed by atoms with Crippen LogP contribution in [0.5, 0.6) is 0 Å². The van der Waals surface area contributed by atoms with Gasteiger partial charge in [0, 0.05) is 11.5 Å². The maximum absolute atomic E-state index is 11.0. The Morgan fingerprint density at radius 3 is 3.08 bits per heavy atom. The average Bonchev–Trinajstić information content (AvgIpc) is 2.17. The van der Waals surface area contributed by atoms with Gasteiger partial charge in [-0.3, -0.25) is 0 Å². The third kappa shape index (κ3) is 2.10. The number of rotatable bonds is 3. The Morgan fingerprint density at radius 2 is 2.54 bits per heavy atom. The number of nitriles is 1. The van der Waals surface area contributed by atoms with Crippen molar-refractivity contribution < 1.29 is 4.79 Å². The molecule has 0 aromatic heterocycles. The second kappa shape index (κ2) is 4.43. The van der Waals surface area contributed by atoms with E-state index in [4.69, 9.17) is 16.9 Å². The first-order valence-electron chi connectivity index (χ1n) is 4.44. The average molecular weight is 198 g/mol. The van der Waals surface area contributed by atoms with E-state index in [0.717, 1.165) is 25.5 Å². The molecule has 0 spiro atoms. The van der Waals surface area contributed by atoms with Crippen LogP contribution in [-0.4, -0.2) is 6.29 Å². The fourth-order valence-electron chi connectivity index (χ4n) is 1.67. The number of carbonyl (C=O) groups is 1. The number of halogens is 1. The zero-order chi connectivity index (χ0) is 9.73. The van der Waals surface area contributed by atoms with Crippen molar-refractivity contribution in [3.8, 4) is 6.07 Å². The Balaban J connectivity index is 2.79. The molecule has 1 rings (SSSR count). The summed E-state index contributed by atoms with van der Waals surface area (Å²) in [6, 6.07) is 2.05. The molecule has 0 saturated heterocycles. The van der Waals surface area contributed by atoms with Gasteiger partial charge in [-0.2, -0.15) is 5.26 Å². The van der Waals surface area contributed by atoms with Gasteiger partial charge in [0.2, 0.25) is 0 Å². The van der Waals surface area contributed by atoms with Gasteiger partial charge >= 0.3 is 0 Å². The van der Waals surface area contributed by atoms with Gasteiger partial charge in [0.15, 0.2) is 0 Å². The number of allylic oxidation sites excluding steroid dienone is 2. The number of aldehydes is 1. The SMILES string of the molecule is N#CCCC1(C=O)CCCC=C1Cl. The summed E-state index contributed by atoms with van der Waals surface area (Å²) in [6.45, 7) is 0. The molecule has 2 nitrogen and oxygen atoms in total. The van der Waals surface area contributed by atoms with Crippen LogP contribution in [-0.2, 0) is 4.79 Å². The monoisotopic (exact) mass is 197 g/mol. The molecule has 0 aromatic rings. The van der Waals surface area contributed by atoms with E-state index in [9.17, 15) is 4.79 Å². The van der Waals surface area contributed by atoms with Crippen molar-refractivity contribution in [2.24, 2.45) is 5.41 Å². The molecule has 1 unspecified atom stereocenters. The molecular weight excluding hydrogens is 186 g/mol. The summed E-state index contributed by atoms with van der Waals surface area (Å²) in [5.74, 6) is 0. The van der Waals surface area contributed by atoms with E-state index in [1.807, 2.05) is 12.1 Å². The van der Waals surface area contributed by atoms with Crippen molar-refractivity contribution in [3.63, 3.8) is 0 Å². The Bertz CT molecular complexity index is 267. The first-order chi connectivity index (χ1) is 6.25. The Kier molecular flexibility index (Phi) is 3.50. The molecule has 0 heterocycles. The summed E-state index contributed by atoms with van der Waals surface area (Å²) in [4.78, 5) is 11.0. The second-order valence-electron chi connectivity index (χ2n) is 3.38. The minimum absolute atomic E-state index is 0.392. The Hall–Kier alpha value is -0.810. The summed E-state index contributed by atoms with van der Waals surface area (Å²) in [5, 5.41) is 9.09. The van der Waals surface area contributed by atoms with Gasteiger partial charge in [-0.15, -0.1) is 0 Å². The molecule has 0 aliphatic heterocycles. The van der Waals surface area contributed by atoms with Gasteiger partial charge in [-0.05, 0) is 25.7 Å². The molecule has 3 heteroatoms. The molecule has 0 bridgehead atoms. The van der Waals surface area contributed by atoms with Crippen molar-refractivity contribution in [1.82, 2.24) is 0 Å². The molecule has 0 N–H and O–H groups in total. The summed E-state index contributed by atoms with van der Waals surface area (Å²) < 4.78 is 0. The molecule has 0 amide bonds. The highest BCUT2D eigenvalue weighted by Crippen LogP contribution is 2.41. The predicted molar refractivity (Wildman–Crippen MR) is 51.1 cm³/mol. The predicted octanol–water partition coefficient (Wildman–Crippen LogP) is 2.78. The molecule has 0 aromatic carbocycles. The van der Waals surface area contributed by atoms with E-state index in [-0.39, 0.29) is 0 Å². The van der Waals surface area contributed by atoms with E-state index in [0.29, 0.717) is 17.9 Å². The standard InChI is InChI=1S/C10H12ClNO/c11-9-4-1-2-5-10(9,8-13)6-3-7-12/h4,8H,1-3,5-6H2. The molecule has 13 heavy (non-hydrogen) atoms. The topological polar surface area (TPSA) is 40.9 Å².